The number of sulfonamides is 1. The molecule has 0 bridgehead atoms. The molecule has 0 radical (unpaired) electrons. The summed E-state index contributed by atoms with van der Waals surface area (Å²) < 4.78 is 36.5. The zero-order valence-corrected chi connectivity index (χ0v) is 20.0. The number of hydrogen-bond acceptors (Lipinski definition) is 5. The zero-order chi connectivity index (χ0) is 23.3. The Balaban J connectivity index is 1.79. The third kappa shape index (κ3) is 5.54. The molecule has 32 heavy (non-hydrogen) atoms. The van der Waals surface area contributed by atoms with Gasteiger partial charge in [-0.3, -0.25) is 9.10 Å². The molecule has 0 fully saturated rings. The number of ether oxygens (including phenoxy) is 2. The van der Waals surface area contributed by atoms with Crippen molar-refractivity contribution in [3.05, 3.63) is 53.1 Å². The summed E-state index contributed by atoms with van der Waals surface area (Å²) >= 11 is 0. The molecule has 1 unspecified atom stereocenters. The van der Waals surface area contributed by atoms with E-state index in [1.165, 1.54) is 38.2 Å². The predicted molar refractivity (Wildman–Crippen MR) is 126 cm³/mol. The maximum Gasteiger partial charge on any atom is 0.241 e. The summed E-state index contributed by atoms with van der Waals surface area (Å²) in [4.78, 5) is 12.9. The van der Waals surface area contributed by atoms with Gasteiger partial charge in [0.25, 0.3) is 0 Å². The first-order valence-electron chi connectivity index (χ1n) is 10.9. The van der Waals surface area contributed by atoms with Gasteiger partial charge in [-0.2, -0.15) is 0 Å². The largest absolute Gasteiger partial charge is 0.493 e. The Bertz CT molecular complexity index is 1070. The van der Waals surface area contributed by atoms with E-state index < -0.39 is 10.0 Å². The van der Waals surface area contributed by atoms with Gasteiger partial charge in [-0.05, 0) is 60.9 Å². The van der Waals surface area contributed by atoms with Crippen LogP contribution in [0, 0.1) is 0 Å². The molecule has 1 amide bonds. The summed E-state index contributed by atoms with van der Waals surface area (Å²) in [5.41, 5.74) is 4.13. The monoisotopic (exact) mass is 460 g/mol. The van der Waals surface area contributed by atoms with E-state index in [4.69, 9.17) is 9.47 Å². The van der Waals surface area contributed by atoms with Gasteiger partial charge in [0.1, 0.15) is 6.54 Å². The molecule has 1 aliphatic carbocycles. The molecule has 8 heteroatoms. The Morgan fingerprint density at radius 1 is 1.03 bits per heavy atom. The van der Waals surface area contributed by atoms with Crippen LogP contribution in [0.5, 0.6) is 11.5 Å². The number of nitrogens with one attached hydrogen (secondary N) is 1. The van der Waals surface area contributed by atoms with Crippen molar-refractivity contribution < 1.29 is 22.7 Å². The minimum Gasteiger partial charge on any atom is -0.493 e. The van der Waals surface area contributed by atoms with Gasteiger partial charge in [0, 0.05) is 6.07 Å². The number of fused-ring (bicyclic) bond motifs is 1. The summed E-state index contributed by atoms with van der Waals surface area (Å²) in [6, 6.07) is 11.0. The Morgan fingerprint density at radius 3 is 2.34 bits per heavy atom. The second-order valence-electron chi connectivity index (χ2n) is 8.07. The number of aryl methyl sites for hydroxylation is 2. The average molecular weight is 461 g/mol. The normalized spacial score (nSPS) is 14.2. The molecule has 0 heterocycles. The first-order chi connectivity index (χ1) is 15.3. The average Bonchev–Trinajstić information content (AvgIpc) is 2.79. The topological polar surface area (TPSA) is 84.9 Å². The summed E-state index contributed by atoms with van der Waals surface area (Å²) in [7, 11) is -0.720. The van der Waals surface area contributed by atoms with Gasteiger partial charge in [-0.15, -0.1) is 0 Å². The molecule has 0 aliphatic heterocycles. The Kier molecular flexibility index (Phi) is 7.66. The van der Waals surface area contributed by atoms with E-state index in [0.29, 0.717) is 23.6 Å². The number of methoxy groups -OCH3 is 2. The first kappa shape index (κ1) is 23.9. The number of carbonyl (C=O) groups is 1. The van der Waals surface area contributed by atoms with Crippen LogP contribution < -0.4 is 19.1 Å². The van der Waals surface area contributed by atoms with Gasteiger partial charge in [0.2, 0.25) is 15.9 Å². The van der Waals surface area contributed by atoms with Gasteiger partial charge in [0.05, 0.1) is 32.2 Å². The van der Waals surface area contributed by atoms with Crippen LogP contribution in [0.15, 0.2) is 36.4 Å². The van der Waals surface area contributed by atoms with Crippen molar-refractivity contribution in [1.82, 2.24) is 5.32 Å². The molecule has 174 valence electrons. The number of amides is 1. The third-order valence-electron chi connectivity index (χ3n) is 5.86. The van der Waals surface area contributed by atoms with Crippen molar-refractivity contribution in [2.45, 2.75) is 45.1 Å². The Morgan fingerprint density at radius 2 is 1.72 bits per heavy atom. The van der Waals surface area contributed by atoms with Crippen LogP contribution in [0.3, 0.4) is 0 Å². The van der Waals surface area contributed by atoms with Gasteiger partial charge in [0.15, 0.2) is 11.5 Å². The van der Waals surface area contributed by atoms with Crippen molar-refractivity contribution in [3.8, 4) is 11.5 Å². The minimum atomic E-state index is -3.70. The molecule has 1 atom stereocenters. The molecular weight excluding hydrogens is 428 g/mol. The van der Waals surface area contributed by atoms with Crippen LogP contribution in [0.1, 0.15) is 48.9 Å². The quantitative estimate of drug-likeness (QED) is 0.618. The zero-order valence-electron chi connectivity index (χ0n) is 19.2. The van der Waals surface area contributed by atoms with Crippen molar-refractivity contribution in [2.75, 3.05) is 31.3 Å². The van der Waals surface area contributed by atoms with Crippen LogP contribution in [0.25, 0.3) is 0 Å². The smallest absolute Gasteiger partial charge is 0.241 e. The highest BCUT2D eigenvalue weighted by Gasteiger charge is 2.24. The molecule has 0 spiro atoms. The van der Waals surface area contributed by atoms with E-state index in [0.717, 1.165) is 29.0 Å². The number of nitrogens with zero attached hydrogens (tertiary/aromatic N) is 1. The number of carbonyl (C=O) groups excluding carboxylic acids is 1. The standard InChI is InChI=1S/C24H32N2O5S/c1-5-21(19-11-10-17-8-6-7-9-18(17)14-19)25-24(27)16-26(32(4,28)29)20-12-13-22(30-2)23(15-20)31-3/h10-15,21H,5-9,16H2,1-4H3,(H,25,27). The molecule has 2 aromatic rings. The second-order valence-corrected chi connectivity index (χ2v) is 9.98. The maximum atomic E-state index is 12.9. The molecular formula is C24H32N2O5S. The molecule has 0 aromatic heterocycles. The van der Waals surface area contributed by atoms with Crippen LogP contribution in [0.2, 0.25) is 0 Å². The molecule has 3 rings (SSSR count). The highest BCUT2D eigenvalue weighted by Crippen LogP contribution is 2.32. The first-order valence-corrected chi connectivity index (χ1v) is 12.7. The van der Waals surface area contributed by atoms with E-state index in [1.54, 1.807) is 18.2 Å². The lowest BCUT2D eigenvalue weighted by Crippen LogP contribution is -2.41. The van der Waals surface area contributed by atoms with E-state index in [9.17, 15) is 13.2 Å². The Hall–Kier alpha value is -2.74. The second kappa shape index (κ2) is 10.3. The fourth-order valence-corrected chi connectivity index (χ4v) is 4.99. The number of hydrogen-bond donors (Lipinski definition) is 1. The van der Waals surface area contributed by atoms with E-state index >= 15 is 0 Å². The molecule has 1 N–H and O–H groups in total. The fourth-order valence-electron chi connectivity index (χ4n) is 4.14. The summed E-state index contributed by atoms with van der Waals surface area (Å²) in [5.74, 6) is 0.502. The van der Waals surface area contributed by atoms with Gasteiger partial charge < -0.3 is 14.8 Å². The van der Waals surface area contributed by atoms with Crippen LogP contribution >= 0.6 is 0 Å². The van der Waals surface area contributed by atoms with Crippen molar-refractivity contribution in [3.63, 3.8) is 0 Å². The van der Waals surface area contributed by atoms with Crippen LogP contribution in [-0.2, 0) is 27.7 Å². The van der Waals surface area contributed by atoms with Crippen molar-refractivity contribution in [1.29, 1.82) is 0 Å². The molecule has 1 aliphatic rings. The maximum absolute atomic E-state index is 12.9. The van der Waals surface area contributed by atoms with Crippen LogP contribution in [0.4, 0.5) is 5.69 Å². The molecule has 0 saturated carbocycles. The molecule has 7 nitrogen and oxygen atoms in total. The summed E-state index contributed by atoms with van der Waals surface area (Å²) in [6.45, 7) is 1.68. The highest BCUT2D eigenvalue weighted by molar-refractivity contribution is 7.92. The highest BCUT2D eigenvalue weighted by atomic mass is 32.2. The summed E-state index contributed by atoms with van der Waals surface area (Å²) in [6.07, 6.45) is 6.37. The number of rotatable bonds is 9. The van der Waals surface area contributed by atoms with Crippen LogP contribution in [-0.4, -0.2) is 41.3 Å². The third-order valence-corrected chi connectivity index (χ3v) is 7.00. The summed E-state index contributed by atoms with van der Waals surface area (Å²) in [5, 5.41) is 3.01. The lowest BCUT2D eigenvalue weighted by Gasteiger charge is -2.25. The van der Waals surface area contributed by atoms with E-state index in [-0.39, 0.29) is 18.5 Å². The minimum absolute atomic E-state index is 0.179. The van der Waals surface area contributed by atoms with E-state index in [1.807, 2.05) is 6.92 Å². The van der Waals surface area contributed by atoms with Crippen molar-refractivity contribution in [2.24, 2.45) is 0 Å². The molecule has 2 aromatic carbocycles. The Labute approximate surface area is 190 Å². The van der Waals surface area contributed by atoms with Gasteiger partial charge in [-0.1, -0.05) is 25.1 Å². The van der Waals surface area contributed by atoms with Crippen molar-refractivity contribution >= 4 is 21.6 Å². The SMILES string of the molecule is CCC(NC(=O)CN(c1ccc(OC)c(OC)c1)S(C)(=O)=O)c1ccc2c(c1)CCCC2. The fraction of sp³-hybridized carbons (Fsp3) is 0.458. The lowest BCUT2D eigenvalue weighted by molar-refractivity contribution is -0.120. The lowest BCUT2D eigenvalue weighted by atomic mass is 9.89. The number of anilines is 1. The van der Waals surface area contributed by atoms with Gasteiger partial charge in [-0.25, -0.2) is 8.42 Å². The van der Waals surface area contributed by atoms with E-state index in [2.05, 4.69) is 23.5 Å². The number of benzene rings is 2. The van der Waals surface area contributed by atoms with Gasteiger partial charge >= 0.3 is 0 Å². The molecule has 0 saturated heterocycles. The predicted octanol–water partition coefficient (Wildman–Crippen LogP) is 3.62.